The Morgan fingerprint density at radius 1 is 0.919 bits per heavy atom. The highest BCUT2D eigenvalue weighted by atomic mass is 16.2. The van der Waals surface area contributed by atoms with Crippen molar-refractivity contribution in [2.24, 2.45) is 5.92 Å². The lowest BCUT2D eigenvalue weighted by molar-refractivity contribution is -0.127. The van der Waals surface area contributed by atoms with E-state index in [0.29, 0.717) is 18.7 Å². The molecule has 0 radical (unpaired) electrons. The minimum absolute atomic E-state index is 0.0106. The second kappa shape index (κ2) is 10.2. The van der Waals surface area contributed by atoms with E-state index in [1.54, 1.807) is 0 Å². The molecule has 3 aromatic carbocycles. The first kappa shape index (κ1) is 23.5. The molecule has 1 N–H and O–H groups in total. The van der Waals surface area contributed by atoms with Gasteiger partial charge in [-0.15, -0.1) is 0 Å². The minimum atomic E-state index is -0.197. The molecule has 2 amide bonds. The van der Waals surface area contributed by atoms with Crippen LogP contribution in [0.5, 0.6) is 0 Å². The number of aromatic nitrogens is 2. The molecule has 2 atom stereocenters. The van der Waals surface area contributed by atoms with E-state index in [0.717, 1.165) is 55.0 Å². The first-order valence-corrected chi connectivity index (χ1v) is 13.3. The molecule has 1 aromatic heterocycles. The van der Waals surface area contributed by atoms with E-state index in [-0.39, 0.29) is 23.8 Å². The van der Waals surface area contributed by atoms with Crippen LogP contribution in [0.25, 0.3) is 10.8 Å². The largest absolute Gasteiger partial charge is 0.349 e. The summed E-state index contributed by atoms with van der Waals surface area (Å²) in [6.45, 7) is 1.89. The van der Waals surface area contributed by atoms with Gasteiger partial charge in [0.25, 0.3) is 5.91 Å². The van der Waals surface area contributed by atoms with Crippen molar-refractivity contribution in [1.29, 1.82) is 0 Å². The smallest absolute Gasteiger partial charge is 0.254 e. The number of nitrogens with zero attached hydrogens (tertiary/aromatic N) is 3. The molecule has 6 heteroatoms. The van der Waals surface area contributed by atoms with Crippen molar-refractivity contribution in [3.8, 4) is 0 Å². The lowest BCUT2D eigenvalue weighted by atomic mass is 9.91. The predicted octanol–water partition coefficient (Wildman–Crippen LogP) is 5.13. The van der Waals surface area contributed by atoms with E-state index in [1.165, 1.54) is 11.3 Å². The summed E-state index contributed by atoms with van der Waals surface area (Å²) in [6.07, 6.45) is 6.48. The van der Waals surface area contributed by atoms with Crippen LogP contribution in [0, 0.1) is 5.92 Å². The van der Waals surface area contributed by atoms with Gasteiger partial charge in [-0.25, -0.2) is 0 Å². The fraction of sp³-hybridized carbons (Fsp3) is 0.323. The third-order valence-corrected chi connectivity index (χ3v) is 7.85. The first-order chi connectivity index (χ1) is 18.2. The molecule has 1 fully saturated rings. The van der Waals surface area contributed by atoms with Gasteiger partial charge in [0.1, 0.15) is 0 Å². The van der Waals surface area contributed by atoms with Crippen LogP contribution in [-0.4, -0.2) is 39.6 Å². The van der Waals surface area contributed by atoms with Gasteiger partial charge in [0.05, 0.1) is 24.7 Å². The van der Waals surface area contributed by atoms with Crippen molar-refractivity contribution in [2.45, 2.75) is 44.7 Å². The Balaban J connectivity index is 1.14. The van der Waals surface area contributed by atoms with Crippen LogP contribution < -0.4 is 5.32 Å². The van der Waals surface area contributed by atoms with E-state index in [1.807, 2.05) is 71.8 Å². The van der Waals surface area contributed by atoms with Crippen molar-refractivity contribution in [3.05, 3.63) is 101 Å². The average Bonchev–Trinajstić information content (AvgIpc) is 3.36. The van der Waals surface area contributed by atoms with Crippen molar-refractivity contribution in [2.75, 3.05) is 13.1 Å². The molecule has 0 bridgehead atoms. The summed E-state index contributed by atoms with van der Waals surface area (Å²) in [5.41, 5.74) is 4.28. The third kappa shape index (κ3) is 4.76. The zero-order valence-corrected chi connectivity index (χ0v) is 21.0. The maximum absolute atomic E-state index is 13.5. The fourth-order valence-corrected chi connectivity index (χ4v) is 5.91. The average molecular weight is 493 g/mol. The van der Waals surface area contributed by atoms with Crippen LogP contribution in [0.1, 0.15) is 58.9 Å². The molecule has 188 valence electrons. The molecule has 6 nitrogen and oxygen atoms in total. The van der Waals surface area contributed by atoms with Gasteiger partial charge in [0, 0.05) is 29.9 Å². The molecule has 0 saturated carbocycles. The monoisotopic (exact) mass is 492 g/mol. The molecule has 6 rings (SSSR count). The van der Waals surface area contributed by atoms with E-state index >= 15 is 0 Å². The van der Waals surface area contributed by atoms with Crippen LogP contribution in [0.3, 0.4) is 0 Å². The molecule has 1 aliphatic carbocycles. The van der Waals surface area contributed by atoms with Crippen molar-refractivity contribution < 1.29 is 9.59 Å². The number of nitrogens with one attached hydrogen (secondary N) is 1. The standard InChI is InChI=1S/C31H32N4O2/c36-30(33-28-16-7-17-29-27(28)19-32-35(29)20-22-9-2-1-3-10-22)24-13-8-18-34(21-24)31(37)26-15-6-12-23-11-4-5-14-25(23)26/h1-6,9-12,14-15,19,24,28H,7-8,13,16-18,20-21H2,(H,33,36). The highest BCUT2D eigenvalue weighted by Gasteiger charge is 2.32. The second-order valence-corrected chi connectivity index (χ2v) is 10.3. The maximum atomic E-state index is 13.5. The second-order valence-electron chi connectivity index (χ2n) is 10.3. The minimum Gasteiger partial charge on any atom is -0.349 e. The predicted molar refractivity (Wildman–Crippen MR) is 144 cm³/mol. The summed E-state index contributed by atoms with van der Waals surface area (Å²) in [7, 11) is 0. The van der Waals surface area contributed by atoms with Crippen molar-refractivity contribution in [3.63, 3.8) is 0 Å². The highest BCUT2D eigenvalue weighted by Crippen LogP contribution is 2.31. The van der Waals surface area contributed by atoms with Gasteiger partial charge < -0.3 is 10.2 Å². The number of hydrogen-bond acceptors (Lipinski definition) is 3. The first-order valence-electron chi connectivity index (χ1n) is 13.3. The molecule has 4 aromatic rings. The van der Waals surface area contributed by atoms with Crippen LogP contribution >= 0.6 is 0 Å². The number of hydrogen-bond donors (Lipinski definition) is 1. The van der Waals surface area contributed by atoms with Crippen molar-refractivity contribution in [1.82, 2.24) is 20.0 Å². The number of carbonyl (C=O) groups excluding carboxylic acids is 2. The Morgan fingerprint density at radius 3 is 2.62 bits per heavy atom. The van der Waals surface area contributed by atoms with E-state index in [9.17, 15) is 9.59 Å². The van der Waals surface area contributed by atoms with Crippen molar-refractivity contribution >= 4 is 22.6 Å². The van der Waals surface area contributed by atoms with Gasteiger partial charge in [-0.05, 0) is 54.5 Å². The molecule has 2 heterocycles. The van der Waals surface area contributed by atoms with E-state index in [2.05, 4.69) is 27.2 Å². The van der Waals surface area contributed by atoms with Crippen LogP contribution in [0.2, 0.25) is 0 Å². The number of fused-ring (bicyclic) bond motifs is 2. The summed E-state index contributed by atoms with van der Waals surface area (Å²) in [6, 6.07) is 24.2. The molecule has 37 heavy (non-hydrogen) atoms. The number of rotatable bonds is 5. The van der Waals surface area contributed by atoms with Gasteiger partial charge in [-0.1, -0.05) is 66.7 Å². The Morgan fingerprint density at radius 2 is 1.73 bits per heavy atom. The Labute approximate surface area is 217 Å². The van der Waals surface area contributed by atoms with Crippen LogP contribution in [-0.2, 0) is 17.8 Å². The quantitative estimate of drug-likeness (QED) is 0.420. The third-order valence-electron chi connectivity index (χ3n) is 7.85. The van der Waals surface area contributed by atoms with Gasteiger partial charge in [0.2, 0.25) is 5.91 Å². The molecular weight excluding hydrogens is 460 g/mol. The molecule has 0 spiro atoms. The fourth-order valence-electron chi connectivity index (χ4n) is 5.91. The highest BCUT2D eigenvalue weighted by molar-refractivity contribution is 6.07. The summed E-state index contributed by atoms with van der Waals surface area (Å²) >= 11 is 0. The number of piperidine rings is 1. The Hall–Kier alpha value is -3.93. The zero-order chi connectivity index (χ0) is 25.2. The van der Waals surface area contributed by atoms with Gasteiger partial charge >= 0.3 is 0 Å². The van der Waals surface area contributed by atoms with Gasteiger partial charge in [0.15, 0.2) is 0 Å². The molecular formula is C31H32N4O2. The lowest BCUT2D eigenvalue weighted by Crippen LogP contribution is -2.46. The summed E-state index contributed by atoms with van der Waals surface area (Å²) in [4.78, 5) is 28.7. The molecule has 1 aliphatic heterocycles. The number of amides is 2. The number of benzene rings is 3. The van der Waals surface area contributed by atoms with E-state index in [4.69, 9.17) is 0 Å². The topological polar surface area (TPSA) is 67.2 Å². The number of likely N-dealkylation sites (tertiary alicyclic amines) is 1. The normalized spacial score (nSPS) is 19.4. The van der Waals surface area contributed by atoms with Crippen LogP contribution in [0.4, 0.5) is 0 Å². The summed E-state index contributed by atoms with van der Waals surface area (Å²) in [5.74, 6) is -0.141. The van der Waals surface area contributed by atoms with E-state index < -0.39 is 0 Å². The molecule has 1 saturated heterocycles. The maximum Gasteiger partial charge on any atom is 0.254 e. The van der Waals surface area contributed by atoms with Gasteiger partial charge in [-0.3, -0.25) is 14.3 Å². The molecule has 2 aliphatic rings. The SMILES string of the molecule is O=C(NC1CCCc2c1cnn2Cc1ccccc1)C1CCCN(C(=O)c2cccc3ccccc23)C1. The molecule has 2 unspecified atom stereocenters. The number of carbonyl (C=O) groups is 2. The lowest BCUT2D eigenvalue weighted by Gasteiger charge is -2.34. The summed E-state index contributed by atoms with van der Waals surface area (Å²) in [5, 5.41) is 10.0. The zero-order valence-electron chi connectivity index (χ0n) is 21.0. The summed E-state index contributed by atoms with van der Waals surface area (Å²) < 4.78 is 2.08. The van der Waals surface area contributed by atoms with Gasteiger partial charge in [-0.2, -0.15) is 5.10 Å². The Kier molecular flexibility index (Phi) is 6.47. The van der Waals surface area contributed by atoms with Crippen LogP contribution in [0.15, 0.2) is 79.0 Å². The Bertz CT molecular complexity index is 1420.